The van der Waals surface area contributed by atoms with E-state index >= 15 is 0 Å². The number of aryl methyl sites for hydroxylation is 1. The number of allylic oxidation sites excluding steroid dienone is 3. The van der Waals surface area contributed by atoms with Crippen molar-refractivity contribution in [3.05, 3.63) is 92.8 Å². The van der Waals surface area contributed by atoms with Crippen LogP contribution in [-0.4, -0.2) is 18.4 Å². The number of ketones is 1. The summed E-state index contributed by atoms with van der Waals surface area (Å²) in [7, 11) is 0. The maximum Gasteiger partial charge on any atom is 0.336 e. The Balaban J connectivity index is 1.78. The minimum absolute atomic E-state index is 0.0635. The van der Waals surface area contributed by atoms with Crippen LogP contribution in [0.2, 0.25) is 5.02 Å². The molecule has 1 aliphatic heterocycles. The largest absolute Gasteiger partial charge is 0.463 e. The first-order valence-electron chi connectivity index (χ1n) is 10.6. The standard InChI is InChI=1S/C26H26ClNO3/c1-4-31-26(30)23-16(3)28-21-13-19(17-9-11-20(27)12-10-17)14-22(29)25(21)24(23)18-7-5-15(2)6-8-18/h5-12,19,24,28H,4,13-14H2,1-3H3/t19-,24-/m1/s1. The molecule has 1 aliphatic carbocycles. The first-order valence-corrected chi connectivity index (χ1v) is 11.0. The van der Waals surface area contributed by atoms with E-state index in [4.69, 9.17) is 16.3 Å². The lowest BCUT2D eigenvalue weighted by molar-refractivity contribution is -0.138. The number of Topliss-reactive ketones (excluding diaryl/α,β-unsaturated/α-hetero) is 1. The molecule has 0 fully saturated rings. The first-order chi connectivity index (χ1) is 14.9. The lowest BCUT2D eigenvalue weighted by Crippen LogP contribution is -2.36. The molecule has 4 nitrogen and oxygen atoms in total. The number of dihydropyridines is 1. The minimum atomic E-state index is -0.422. The lowest BCUT2D eigenvalue weighted by atomic mass is 9.71. The molecule has 0 bridgehead atoms. The van der Waals surface area contributed by atoms with Crippen LogP contribution in [0, 0.1) is 6.92 Å². The molecule has 2 atom stereocenters. The van der Waals surface area contributed by atoms with E-state index < -0.39 is 5.92 Å². The molecule has 0 amide bonds. The quantitative estimate of drug-likeness (QED) is 0.637. The number of hydrogen-bond acceptors (Lipinski definition) is 4. The van der Waals surface area contributed by atoms with Gasteiger partial charge in [0.05, 0.1) is 12.2 Å². The van der Waals surface area contributed by atoms with E-state index in [1.54, 1.807) is 6.92 Å². The highest BCUT2D eigenvalue weighted by molar-refractivity contribution is 6.30. The molecule has 31 heavy (non-hydrogen) atoms. The van der Waals surface area contributed by atoms with Crippen molar-refractivity contribution in [3.8, 4) is 0 Å². The third-order valence-corrected chi connectivity index (χ3v) is 6.33. The number of rotatable bonds is 4. The van der Waals surface area contributed by atoms with Gasteiger partial charge in [-0.25, -0.2) is 4.79 Å². The molecule has 2 aromatic rings. The Labute approximate surface area is 187 Å². The molecule has 5 heteroatoms. The van der Waals surface area contributed by atoms with Gasteiger partial charge in [-0.1, -0.05) is 53.6 Å². The number of carbonyl (C=O) groups excluding carboxylic acids is 2. The van der Waals surface area contributed by atoms with Gasteiger partial charge >= 0.3 is 5.97 Å². The van der Waals surface area contributed by atoms with Gasteiger partial charge in [-0.2, -0.15) is 0 Å². The molecule has 1 N–H and O–H groups in total. The molecule has 0 radical (unpaired) electrons. The number of halogens is 1. The van der Waals surface area contributed by atoms with E-state index in [0.717, 1.165) is 28.1 Å². The average Bonchev–Trinajstić information content (AvgIpc) is 2.74. The Morgan fingerprint density at radius 3 is 2.32 bits per heavy atom. The molecule has 0 saturated carbocycles. The van der Waals surface area contributed by atoms with E-state index in [0.29, 0.717) is 29.0 Å². The normalized spacial score (nSPS) is 21.0. The van der Waals surface area contributed by atoms with Gasteiger partial charge in [-0.3, -0.25) is 4.79 Å². The summed E-state index contributed by atoms with van der Waals surface area (Å²) in [4.78, 5) is 26.4. The van der Waals surface area contributed by atoms with Crippen molar-refractivity contribution in [2.24, 2.45) is 0 Å². The van der Waals surface area contributed by atoms with Gasteiger partial charge in [0.25, 0.3) is 0 Å². The summed E-state index contributed by atoms with van der Waals surface area (Å²) in [6.07, 6.45) is 1.11. The van der Waals surface area contributed by atoms with Crippen LogP contribution in [0.15, 0.2) is 71.1 Å². The van der Waals surface area contributed by atoms with Gasteiger partial charge in [0.1, 0.15) is 0 Å². The van der Waals surface area contributed by atoms with Gasteiger partial charge in [0, 0.05) is 34.3 Å². The fourth-order valence-electron chi connectivity index (χ4n) is 4.58. The molecule has 2 aromatic carbocycles. The Kier molecular flexibility index (Phi) is 6.01. The van der Waals surface area contributed by atoms with E-state index in [9.17, 15) is 9.59 Å². The molecule has 0 aromatic heterocycles. The number of nitrogens with one attached hydrogen (secondary N) is 1. The fourth-order valence-corrected chi connectivity index (χ4v) is 4.71. The molecule has 0 unspecified atom stereocenters. The van der Waals surface area contributed by atoms with Gasteiger partial charge in [0.2, 0.25) is 0 Å². The summed E-state index contributed by atoms with van der Waals surface area (Å²) in [5.41, 5.74) is 5.99. The SMILES string of the molecule is CCOC(=O)C1=C(C)NC2=C(C(=O)C[C@H](c3ccc(Cl)cc3)C2)[C@@H]1c1ccc(C)cc1. The first kappa shape index (κ1) is 21.4. The Morgan fingerprint density at radius 1 is 1.03 bits per heavy atom. The van der Waals surface area contributed by atoms with Crippen molar-refractivity contribution in [2.45, 2.75) is 45.4 Å². The van der Waals surface area contributed by atoms with Gasteiger partial charge in [-0.05, 0) is 56.4 Å². The van der Waals surface area contributed by atoms with Crippen LogP contribution in [0.5, 0.6) is 0 Å². The zero-order valence-electron chi connectivity index (χ0n) is 18.0. The minimum Gasteiger partial charge on any atom is -0.463 e. The van der Waals surface area contributed by atoms with Crippen molar-refractivity contribution < 1.29 is 14.3 Å². The Morgan fingerprint density at radius 2 is 1.68 bits per heavy atom. The predicted octanol–water partition coefficient (Wildman–Crippen LogP) is 5.57. The summed E-state index contributed by atoms with van der Waals surface area (Å²) in [5, 5.41) is 4.05. The zero-order valence-corrected chi connectivity index (χ0v) is 18.8. The van der Waals surface area contributed by atoms with Crippen LogP contribution in [0.25, 0.3) is 0 Å². The second kappa shape index (κ2) is 8.72. The van der Waals surface area contributed by atoms with Crippen LogP contribution in [0.3, 0.4) is 0 Å². The molecule has 1 heterocycles. The summed E-state index contributed by atoms with van der Waals surface area (Å²) >= 11 is 6.04. The average molecular weight is 436 g/mol. The summed E-state index contributed by atoms with van der Waals surface area (Å²) in [5.74, 6) is -0.660. The molecule has 0 saturated heterocycles. The van der Waals surface area contributed by atoms with E-state index in [2.05, 4.69) is 5.32 Å². The van der Waals surface area contributed by atoms with Crippen LogP contribution < -0.4 is 5.32 Å². The Bertz CT molecular complexity index is 1080. The number of carbonyl (C=O) groups is 2. The van der Waals surface area contributed by atoms with Crippen LogP contribution in [0.1, 0.15) is 55.2 Å². The van der Waals surface area contributed by atoms with Gasteiger partial charge in [-0.15, -0.1) is 0 Å². The number of ether oxygens (including phenoxy) is 1. The molecule has 2 aliphatic rings. The second-order valence-corrected chi connectivity index (χ2v) is 8.64. The van der Waals surface area contributed by atoms with Gasteiger partial charge in [0.15, 0.2) is 5.78 Å². The number of esters is 1. The molecule has 0 spiro atoms. The van der Waals surface area contributed by atoms with Crippen LogP contribution in [-0.2, 0) is 14.3 Å². The molecule has 160 valence electrons. The zero-order chi connectivity index (χ0) is 22.1. The summed E-state index contributed by atoms with van der Waals surface area (Å²) < 4.78 is 5.36. The Hall–Kier alpha value is -2.85. The topological polar surface area (TPSA) is 55.4 Å². The highest BCUT2D eigenvalue weighted by Gasteiger charge is 2.41. The maximum absolute atomic E-state index is 13.5. The van der Waals surface area contributed by atoms with Crippen molar-refractivity contribution in [2.75, 3.05) is 6.61 Å². The number of hydrogen-bond donors (Lipinski definition) is 1. The van der Waals surface area contributed by atoms with Crippen LogP contribution in [0.4, 0.5) is 0 Å². The molecular formula is C26H26ClNO3. The smallest absolute Gasteiger partial charge is 0.336 e. The molecular weight excluding hydrogens is 410 g/mol. The fraction of sp³-hybridized carbons (Fsp3) is 0.308. The van der Waals surface area contributed by atoms with Crippen LogP contribution >= 0.6 is 11.6 Å². The summed E-state index contributed by atoms with van der Waals surface area (Å²) in [6.45, 7) is 5.98. The third-order valence-electron chi connectivity index (χ3n) is 6.08. The summed E-state index contributed by atoms with van der Waals surface area (Å²) in [6, 6.07) is 15.7. The second-order valence-electron chi connectivity index (χ2n) is 8.20. The van der Waals surface area contributed by atoms with Crippen molar-refractivity contribution >= 4 is 23.4 Å². The van der Waals surface area contributed by atoms with E-state index in [1.165, 1.54) is 0 Å². The highest BCUT2D eigenvalue weighted by Crippen LogP contribution is 2.45. The van der Waals surface area contributed by atoms with Gasteiger partial charge < -0.3 is 10.1 Å². The van der Waals surface area contributed by atoms with Crippen molar-refractivity contribution in [1.82, 2.24) is 5.32 Å². The van der Waals surface area contributed by atoms with Crippen molar-refractivity contribution in [3.63, 3.8) is 0 Å². The van der Waals surface area contributed by atoms with E-state index in [1.807, 2.05) is 62.4 Å². The number of benzene rings is 2. The lowest BCUT2D eigenvalue weighted by Gasteiger charge is -2.36. The maximum atomic E-state index is 13.5. The monoisotopic (exact) mass is 435 g/mol. The molecule has 4 rings (SSSR count). The predicted molar refractivity (Wildman–Crippen MR) is 122 cm³/mol. The van der Waals surface area contributed by atoms with Crippen molar-refractivity contribution in [1.29, 1.82) is 0 Å². The highest BCUT2D eigenvalue weighted by atomic mass is 35.5. The van der Waals surface area contributed by atoms with E-state index in [-0.39, 0.29) is 24.3 Å². The third kappa shape index (κ3) is 4.17.